The highest BCUT2D eigenvalue weighted by atomic mass is 16.2. The Bertz CT molecular complexity index is 627. The molecule has 2 aliphatic heterocycles. The summed E-state index contributed by atoms with van der Waals surface area (Å²) in [6, 6.07) is 5.95. The van der Waals surface area contributed by atoms with E-state index in [0.717, 1.165) is 16.7 Å². The zero-order valence-corrected chi connectivity index (χ0v) is 11.6. The van der Waals surface area contributed by atoms with E-state index in [1.807, 2.05) is 18.2 Å². The molecule has 0 radical (unpaired) electrons. The number of amides is 3. The van der Waals surface area contributed by atoms with Crippen molar-refractivity contribution in [3.05, 3.63) is 34.9 Å². The molecule has 2 aliphatic rings. The predicted octanol–water partition coefficient (Wildman–Crippen LogP) is 0.0403. The minimum absolute atomic E-state index is 0.203. The van der Waals surface area contributed by atoms with Crippen molar-refractivity contribution in [3.63, 3.8) is 0 Å². The van der Waals surface area contributed by atoms with E-state index in [1.165, 1.54) is 0 Å². The standard InChI is InChI=1S/C15H17N3O3/c16-6-9-1-2-10-7-18(8-11(10)5-9)15(21)12-3-4-13(19)17-14(12)20/h1-2,5,12H,3-4,6-8,16H2,(H,17,19,20). The van der Waals surface area contributed by atoms with Crippen LogP contribution in [0.1, 0.15) is 29.5 Å². The summed E-state index contributed by atoms with van der Waals surface area (Å²) in [5.41, 5.74) is 8.83. The van der Waals surface area contributed by atoms with Crippen LogP contribution in [0.3, 0.4) is 0 Å². The topological polar surface area (TPSA) is 92.5 Å². The number of hydrogen-bond acceptors (Lipinski definition) is 4. The SMILES string of the molecule is NCc1ccc2c(c1)CN(C(=O)C1CCC(=O)NC1=O)C2. The number of nitrogens with zero attached hydrogens (tertiary/aromatic N) is 1. The van der Waals surface area contributed by atoms with Gasteiger partial charge in [0.05, 0.1) is 0 Å². The van der Waals surface area contributed by atoms with Crippen molar-refractivity contribution in [2.75, 3.05) is 0 Å². The van der Waals surface area contributed by atoms with Crippen molar-refractivity contribution in [1.82, 2.24) is 10.2 Å². The van der Waals surface area contributed by atoms with Gasteiger partial charge in [0.15, 0.2) is 0 Å². The lowest BCUT2D eigenvalue weighted by Crippen LogP contribution is -2.47. The molecule has 1 unspecified atom stereocenters. The van der Waals surface area contributed by atoms with Crippen LogP contribution in [0, 0.1) is 5.92 Å². The molecule has 3 rings (SSSR count). The molecule has 0 saturated carbocycles. The Kier molecular flexibility index (Phi) is 3.47. The average Bonchev–Trinajstić information content (AvgIpc) is 2.89. The number of benzene rings is 1. The summed E-state index contributed by atoms with van der Waals surface area (Å²) in [7, 11) is 0. The molecule has 0 aliphatic carbocycles. The highest BCUT2D eigenvalue weighted by molar-refractivity contribution is 6.08. The van der Waals surface area contributed by atoms with Crippen LogP contribution in [0.25, 0.3) is 0 Å². The third-order valence-corrected chi connectivity index (χ3v) is 4.08. The predicted molar refractivity (Wildman–Crippen MR) is 74.5 cm³/mol. The Hall–Kier alpha value is -2.21. The highest BCUT2D eigenvalue weighted by Gasteiger charge is 2.36. The molecule has 2 heterocycles. The maximum atomic E-state index is 12.5. The summed E-state index contributed by atoms with van der Waals surface area (Å²) >= 11 is 0. The van der Waals surface area contributed by atoms with Gasteiger partial charge in [-0.3, -0.25) is 19.7 Å². The Morgan fingerprint density at radius 3 is 2.76 bits per heavy atom. The van der Waals surface area contributed by atoms with Gasteiger partial charge < -0.3 is 10.6 Å². The summed E-state index contributed by atoms with van der Waals surface area (Å²) < 4.78 is 0. The van der Waals surface area contributed by atoms with E-state index in [2.05, 4.69) is 5.32 Å². The van der Waals surface area contributed by atoms with Gasteiger partial charge >= 0.3 is 0 Å². The molecule has 1 aromatic rings. The van der Waals surface area contributed by atoms with E-state index < -0.39 is 11.8 Å². The van der Waals surface area contributed by atoms with Gasteiger partial charge in [-0.1, -0.05) is 18.2 Å². The molecule has 1 atom stereocenters. The summed E-state index contributed by atoms with van der Waals surface area (Å²) in [5.74, 6) is -1.73. The van der Waals surface area contributed by atoms with Crippen LogP contribution in [-0.4, -0.2) is 22.6 Å². The van der Waals surface area contributed by atoms with Gasteiger partial charge in [-0.2, -0.15) is 0 Å². The number of nitrogens with one attached hydrogen (secondary N) is 1. The molecule has 1 fully saturated rings. The fraction of sp³-hybridized carbons (Fsp3) is 0.400. The fourth-order valence-corrected chi connectivity index (χ4v) is 2.88. The van der Waals surface area contributed by atoms with Crippen molar-refractivity contribution in [3.8, 4) is 0 Å². The monoisotopic (exact) mass is 287 g/mol. The molecule has 1 saturated heterocycles. The van der Waals surface area contributed by atoms with Gasteiger partial charge in [0.25, 0.3) is 0 Å². The lowest BCUT2D eigenvalue weighted by atomic mass is 9.97. The van der Waals surface area contributed by atoms with Crippen molar-refractivity contribution in [1.29, 1.82) is 0 Å². The molecule has 110 valence electrons. The molecule has 1 aromatic carbocycles. The number of hydrogen-bond donors (Lipinski definition) is 2. The normalized spacial score (nSPS) is 21.2. The molecule has 0 spiro atoms. The zero-order valence-electron chi connectivity index (χ0n) is 11.6. The number of imide groups is 1. The smallest absolute Gasteiger partial charge is 0.239 e. The minimum Gasteiger partial charge on any atom is -0.333 e. The maximum Gasteiger partial charge on any atom is 0.239 e. The minimum atomic E-state index is -0.744. The first-order chi connectivity index (χ1) is 10.1. The number of carbonyl (C=O) groups is 3. The van der Waals surface area contributed by atoms with E-state index in [-0.39, 0.29) is 18.2 Å². The van der Waals surface area contributed by atoms with Crippen molar-refractivity contribution in [2.45, 2.75) is 32.5 Å². The molecular formula is C15H17N3O3. The maximum absolute atomic E-state index is 12.5. The van der Waals surface area contributed by atoms with Gasteiger partial charge in [0, 0.05) is 26.1 Å². The highest BCUT2D eigenvalue weighted by Crippen LogP contribution is 2.27. The van der Waals surface area contributed by atoms with Gasteiger partial charge in [-0.15, -0.1) is 0 Å². The van der Waals surface area contributed by atoms with Crippen LogP contribution >= 0.6 is 0 Å². The Morgan fingerprint density at radius 1 is 1.29 bits per heavy atom. The second-order valence-corrected chi connectivity index (χ2v) is 5.51. The second-order valence-electron chi connectivity index (χ2n) is 5.51. The lowest BCUT2D eigenvalue weighted by Gasteiger charge is -2.24. The van der Waals surface area contributed by atoms with Crippen molar-refractivity contribution < 1.29 is 14.4 Å². The van der Waals surface area contributed by atoms with E-state index in [9.17, 15) is 14.4 Å². The fourth-order valence-electron chi connectivity index (χ4n) is 2.88. The first kappa shape index (κ1) is 13.8. The zero-order chi connectivity index (χ0) is 15.0. The second kappa shape index (κ2) is 5.29. The first-order valence-electron chi connectivity index (χ1n) is 7.01. The van der Waals surface area contributed by atoms with E-state index in [0.29, 0.717) is 26.1 Å². The number of piperidine rings is 1. The Morgan fingerprint density at radius 2 is 2.05 bits per heavy atom. The summed E-state index contributed by atoms with van der Waals surface area (Å²) in [6.45, 7) is 1.48. The molecule has 0 bridgehead atoms. The van der Waals surface area contributed by atoms with E-state index >= 15 is 0 Å². The van der Waals surface area contributed by atoms with Crippen LogP contribution in [-0.2, 0) is 34.0 Å². The quantitative estimate of drug-likeness (QED) is 0.593. The third kappa shape index (κ3) is 2.54. The lowest BCUT2D eigenvalue weighted by molar-refractivity contribution is -0.146. The Labute approximate surface area is 122 Å². The number of nitrogens with two attached hydrogens (primary N) is 1. The molecule has 21 heavy (non-hydrogen) atoms. The molecule has 3 N–H and O–H groups in total. The first-order valence-corrected chi connectivity index (χ1v) is 7.01. The van der Waals surface area contributed by atoms with Crippen molar-refractivity contribution >= 4 is 17.7 Å². The summed E-state index contributed by atoms with van der Waals surface area (Å²) in [5, 5.41) is 2.23. The van der Waals surface area contributed by atoms with Crippen molar-refractivity contribution in [2.24, 2.45) is 11.7 Å². The Balaban J connectivity index is 1.73. The number of rotatable bonds is 2. The van der Waals surface area contributed by atoms with Crippen LogP contribution in [0.2, 0.25) is 0 Å². The molecule has 3 amide bonds. The van der Waals surface area contributed by atoms with Gasteiger partial charge in [-0.25, -0.2) is 0 Å². The summed E-state index contributed by atoms with van der Waals surface area (Å²) in [6.07, 6.45) is 0.519. The average molecular weight is 287 g/mol. The van der Waals surface area contributed by atoms with Gasteiger partial charge in [0.2, 0.25) is 17.7 Å². The molecular weight excluding hydrogens is 270 g/mol. The van der Waals surface area contributed by atoms with Gasteiger partial charge in [0.1, 0.15) is 5.92 Å². The largest absolute Gasteiger partial charge is 0.333 e. The van der Waals surface area contributed by atoms with Crippen LogP contribution in [0.15, 0.2) is 18.2 Å². The number of carbonyl (C=O) groups excluding carboxylic acids is 3. The number of fused-ring (bicyclic) bond motifs is 1. The van der Waals surface area contributed by atoms with Crippen LogP contribution < -0.4 is 11.1 Å². The molecule has 0 aromatic heterocycles. The van der Waals surface area contributed by atoms with Gasteiger partial charge in [-0.05, 0) is 23.1 Å². The van der Waals surface area contributed by atoms with E-state index in [1.54, 1.807) is 4.90 Å². The van der Waals surface area contributed by atoms with Crippen LogP contribution in [0.4, 0.5) is 0 Å². The van der Waals surface area contributed by atoms with Crippen LogP contribution in [0.5, 0.6) is 0 Å². The molecule has 6 heteroatoms. The molecule has 6 nitrogen and oxygen atoms in total. The summed E-state index contributed by atoms with van der Waals surface area (Å²) in [4.78, 5) is 37.1. The van der Waals surface area contributed by atoms with E-state index in [4.69, 9.17) is 5.73 Å². The third-order valence-electron chi connectivity index (χ3n) is 4.08.